The Balaban J connectivity index is 2.73. The molecule has 0 aliphatic carbocycles. The highest BCUT2D eigenvalue weighted by molar-refractivity contribution is 6.30. The van der Waals surface area contributed by atoms with Gasteiger partial charge in [-0.3, -0.25) is 0 Å². The van der Waals surface area contributed by atoms with E-state index in [4.69, 9.17) is 11.6 Å². The summed E-state index contributed by atoms with van der Waals surface area (Å²) < 4.78 is 0. The summed E-state index contributed by atoms with van der Waals surface area (Å²) in [7, 11) is 1.81. The summed E-state index contributed by atoms with van der Waals surface area (Å²) in [6.45, 7) is 8.89. The van der Waals surface area contributed by atoms with Crippen LogP contribution >= 0.6 is 11.6 Å². The molecule has 0 aromatic heterocycles. The van der Waals surface area contributed by atoms with Gasteiger partial charge in [-0.15, -0.1) is 0 Å². The summed E-state index contributed by atoms with van der Waals surface area (Å²) in [5, 5.41) is 3.74. The summed E-state index contributed by atoms with van der Waals surface area (Å²) in [6.07, 6.45) is 0. The van der Waals surface area contributed by atoms with Gasteiger partial charge in [-0.25, -0.2) is 4.79 Å². The summed E-state index contributed by atoms with van der Waals surface area (Å²) in [4.78, 5) is 13.8. The third-order valence-electron chi connectivity index (χ3n) is 2.97. The third-order valence-corrected chi connectivity index (χ3v) is 3.22. The normalized spacial score (nSPS) is 11.5. The smallest absolute Gasteiger partial charge is 0.317 e. The molecule has 0 unspecified atom stereocenters. The minimum Gasteiger partial charge on any atom is -0.329 e. The number of hydrogen-bond donors (Lipinski definition) is 1. The first kappa shape index (κ1) is 15.8. The number of carbonyl (C=O) groups excluding carboxylic acids is 1. The molecule has 0 saturated heterocycles. The number of hydrogen-bond acceptors (Lipinski definition) is 1. The van der Waals surface area contributed by atoms with Gasteiger partial charge in [-0.1, -0.05) is 37.6 Å². The van der Waals surface area contributed by atoms with Crippen LogP contribution in [0.25, 0.3) is 0 Å². The zero-order valence-corrected chi connectivity index (χ0v) is 13.1. The molecule has 0 radical (unpaired) electrons. The monoisotopic (exact) mass is 282 g/mol. The van der Waals surface area contributed by atoms with Crippen molar-refractivity contribution in [3.8, 4) is 0 Å². The van der Waals surface area contributed by atoms with Crippen LogP contribution in [0.1, 0.15) is 33.3 Å². The second kappa shape index (κ2) is 6.29. The Morgan fingerprint density at radius 1 is 1.32 bits per heavy atom. The molecule has 4 heteroatoms. The van der Waals surface area contributed by atoms with Crippen molar-refractivity contribution in [3.63, 3.8) is 0 Å². The molecular formula is C15H23ClN2O. The molecule has 0 fully saturated rings. The van der Waals surface area contributed by atoms with E-state index in [1.54, 1.807) is 4.90 Å². The first-order valence-corrected chi connectivity index (χ1v) is 6.89. The fourth-order valence-corrected chi connectivity index (χ4v) is 2.06. The highest BCUT2D eigenvalue weighted by Gasteiger charge is 2.24. The molecule has 1 rings (SSSR count). The van der Waals surface area contributed by atoms with Crippen LogP contribution in [0.3, 0.4) is 0 Å². The Kier molecular flexibility index (Phi) is 5.24. The lowest BCUT2D eigenvalue weighted by atomic mass is 9.94. The topological polar surface area (TPSA) is 32.3 Å². The molecule has 3 nitrogen and oxygen atoms in total. The summed E-state index contributed by atoms with van der Waals surface area (Å²) in [5.74, 6) is 0.453. The summed E-state index contributed by atoms with van der Waals surface area (Å²) in [6, 6.07) is 7.48. The van der Waals surface area contributed by atoms with Crippen molar-refractivity contribution in [2.75, 3.05) is 13.6 Å². The number of rotatable bonds is 4. The van der Waals surface area contributed by atoms with Gasteiger partial charge in [0.05, 0.1) is 5.54 Å². The fourth-order valence-electron chi connectivity index (χ4n) is 1.93. The van der Waals surface area contributed by atoms with E-state index in [2.05, 4.69) is 19.2 Å². The lowest BCUT2D eigenvalue weighted by Crippen LogP contribution is -2.47. The van der Waals surface area contributed by atoms with Crippen LogP contribution < -0.4 is 5.32 Å². The van der Waals surface area contributed by atoms with Gasteiger partial charge in [-0.05, 0) is 37.5 Å². The molecule has 2 amide bonds. The minimum absolute atomic E-state index is 0.0614. The molecule has 1 aromatic carbocycles. The quantitative estimate of drug-likeness (QED) is 0.893. The van der Waals surface area contributed by atoms with Crippen LogP contribution in [-0.4, -0.2) is 24.5 Å². The SMILES string of the molecule is CC(C)CN(C)C(=O)NC(C)(C)c1ccc(Cl)cc1. The van der Waals surface area contributed by atoms with E-state index in [9.17, 15) is 4.79 Å². The van der Waals surface area contributed by atoms with Gasteiger partial charge in [0.25, 0.3) is 0 Å². The van der Waals surface area contributed by atoms with Crippen LogP contribution in [0, 0.1) is 5.92 Å². The molecule has 0 aliphatic heterocycles. The van der Waals surface area contributed by atoms with E-state index in [0.717, 1.165) is 12.1 Å². The van der Waals surface area contributed by atoms with E-state index < -0.39 is 5.54 Å². The Morgan fingerprint density at radius 2 is 1.84 bits per heavy atom. The second-order valence-electron chi connectivity index (χ2n) is 5.84. The fraction of sp³-hybridized carbons (Fsp3) is 0.533. The molecule has 19 heavy (non-hydrogen) atoms. The number of benzene rings is 1. The van der Waals surface area contributed by atoms with Crippen LogP contribution in [-0.2, 0) is 5.54 Å². The lowest BCUT2D eigenvalue weighted by Gasteiger charge is -2.30. The number of nitrogens with zero attached hydrogens (tertiary/aromatic N) is 1. The second-order valence-corrected chi connectivity index (χ2v) is 6.27. The molecule has 0 atom stereocenters. The van der Waals surface area contributed by atoms with E-state index in [0.29, 0.717) is 10.9 Å². The number of carbonyl (C=O) groups is 1. The van der Waals surface area contributed by atoms with Crippen molar-refractivity contribution in [3.05, 3.63) is 34.9 Å². The van der Waals surface area contributed by atoms with Gasteiger partial charge in [0.1, 0.15) is 0 Å². The highest BCUT2D eigenvalue weighted by atomic mass is 35.5. The Bertz CT molecular complexity index is 426. The molecule has 0 saturated carbocycles. The zero-order chi connectivity index (χ0) is 14.6. The highest BCUT2D eigenvalue weighted by Crippen LogP contribution is 2.22. The molecular weight excluding hydrogens is 260 g/mol. The molecule has 0 bridgehead atoms. The largest absolute Gasteiger partial charge is 0.329 e. The Labute approximate surface area is 120 Å². The van der Waals surface area contributed by atoms with Gasteiger partial charge in [-0.2, -0.15) is 0 Å². The van der Waals surface area contributed by atoms with Gasteiger partial charge in [0, 0.05) is 18.6 Å². The first-order chi connectivity index (χ1) is 8.72. The molecule has 1 N–H and O–H groups in total. The molecule has 0 aliphatic rings. The summed E-state index contributed by atoms with van der Waals surface area (Å²) >= 11 is 5.88. The average molecular weight is 283 g/mol. The average Bonchev–Trinajstić information content (AvgIpc) is 2.27. The first-order valence-electron chi connectivity index (χ1n) is 6.51. The van der Waals surface area contributed by atoms with Gasteiger partial charge in [0.2, 0.25) is 0 Å². The van der Waals surface area contributed by atoms with E-state index in [1.807, 2.05) is 45.2 Å². The maximum absolute atomic E-state index is 12.1. The van der Waals surface area contributed by atoms with Gasteiger partial charge in [0.15, 0.2) is 0 Å². The maximum atomic E-state index is 12.1. The standard InChI is InChI=1S/C15H23ClN2O/c1-11(2)10-18(5)14(19)17-15(3,4)12-6-8-13(16)9-7-12/h6-9,11H,10H2,1-5H3,(H,17,19). The van der Waals surface area contributed by atoms with E-state index in [1.165, 1.54) is 0 Å². The van der Waals surface area contributed by atoms with E-state index >= 15 is 0 Å². The van der Waals surface area contributed by atoms with Crippen LogP contribution in [0.2, 0.25) is 5.02 Å². The van der Waals surface area contributed by atoms with Crippen molar-refractivity contribution < 1.29 is 4.79 Å². The van der Waals surface area contributed by atoms with Crippen molar-refractivity contribution >= 4 is 17.6 Å². The van der Waals surface area contributed by atoms with Crippen LogP contribution in [0.15, 0.2) is 24.3 Å². The predicted octanol–water partition coefficient (Wildman–Crippen LogP) is 3.87. The van der Waals surface area contributed by atoms with Crippen LogP contribution in [0.5, 0.6) is 0 Å². The Morgan fingerprint density at radius 3 is 2.32 bits per heavy atom. The van der Waals surface area contributed by atoms with Crippen molar-refractivity contribution in [2.24, 2.45) is 5.92 Å². The number of halogens is 1. The molecule has 0 heterocycles. The van der Waals surface area contributed by atoms with Crippen molar-refractivity contribution in [2.45, 2.75) is 33.2 Å². The van der Waals surface area contributed by atoms with Crippen LogP contribution in [0.4, 0.5) is 4.79 Å². The van der Waals surface area contributed by atoms with E-state index in [-0.39, 0.29) is 6.03 Å². The third kappa shape index (κ3) is 4.75. The van der Waals surface area contributed by atoms with Crippen molar-refractivity contribution in [1.82, 2.24) is 10.2 Å². The summed E-state index contributed by atoms with van der Waals surface area (Å²) in [5.41, 5.74) is 0.607. The predicted molar refractivity (Wildman–Crippen MR) is 80.5 cm³/mol. The molecule has 0 spiro atoms. The zero-order valence-electron chi connectivity index (χ0n) is 12.3. The maximum Gasteiger partial charge on any atom is 0.317 e. The molecule has 1 aromatic rings. The van der Waals surface area contributed by atoms with Gasteiger partial charge < -0.3 is 10.2 Å². The number of amides is 2. The van der Waals surface area contributed by atoms with Gasteiger partial charge >= 0.3 is 6.03 Å². The van der Waals surface area contributed by atoms with Crippen molar-refractivity contribution in [1.29, 1.82) is 0 Å². The molecule has 106 valence electrons. The minimum atomic E-state index is -0.424. The number of nitrogens with one attached hydrogen (secondary N) is 1. The Hall–Kier alpha value is -1.22. The number of urea groups is 1. The lowest BCUT2D eigenvalue weighted by molar-refractivity contribution is 0.192.